The van der Waals surface area contributed by atoms with Gasteiger partial charge < -0.3 is 35.0 Å². The number of amides is 5. The van der Waals surface area contributed by atoms with Gasteiger partial charge in [0.1, 0.15) is 36.7 Å². The van der Waals surface area contributed by atoms with E-state index >= 15 is 0 Å². The molecule has 2 aliphatic heterocycles. The van der Waals surface area contributed by atoms with Crippen LogP contribution in [0.25, 0.3) is 0 Å². The summed E-state index contributed by atoms with van der Waals surface area (Å²) in [5, 5.41) is 17.8. The molecular formula is C33H37N9O7. The molecule has 5 N–H and O–H groups in total. The van der Waals surface area contributed by atoms with Gasteiger partial charge in [-0.05, 0) is 31.2 Å². The lowest BCUT2D eigenvalue weighted by atomic mass is 10.0. The van der Waals surface area contributed by atoms with E-state index in [4.69, 9.17) is 8.83 Å². The van der Waals surface area contributed by atoms with Gasteiger partial charge >= 0.3 is 0 Å². The van der Waals surface area contributed by atoms with Crippen LogP contribution in [0.3, 0.4) is 0 Å². The predicted octanol–water partition coefficient (Wildman–Crippen LogP) is 1.83. The summed E-state index contributed by atoms with van der Waals surface area (Å²) in [7, 11) is 0. The molecule has 0 spiro atoms. The van der Waals surface area contributed by atoms with Crippen molar-refractivity contribution < 1.29 is 32.8 Å². The molecule has 1 fully saturated rings. The first-order chi connectivity index (χ1) is 23.5. The van der Waals surface area contributed by atoms with Crippen molar-refractivity contribution in [3.63, 3.8) is 0 Å². The van der Waals surface area contributed by atoms with Gasteiger partial charge in [0.15, 0.2) is 11.4 Å². The van der Waals surface area contributed by atoms with Crippen LogP contribution in [0.15, 0.2) is 64.1 Å². The summed E-state index contributed by atoms with van der Waals surface area (Å²) >= 11 is 0. The third-order valence-electron chi connectivity index (χ3n) is 8.41. The zero-order chi connectivity index (χ0) is 34.7. The number of fused-ring (bicyclic) bond motifs is 5. The maximum atomic E-state index is 14.1. The van der Waals surface area contributed by atoms with E-state index in [1.54, 1.807) is 6.92 Å². The molecule has 1 saturated heterocycles. The van der Waals surface area contributed by atoms with Gasteiger partial charge in [0.25, 0.3) is 17.7 Å². The molecule has 0 unspecified atom stereocenters. The lowest BCUT2D eigenvalue weighted by Crippen LogP contribution is -2.48. The van der Waals surface area contributed by atoms with Gasteiger partial charge in [0, 0.05) is 25.2 Å². The van der Waals surface area contributed by atoms with E-state index in [0.29, 0.717) is 12.0 Å². The third kappa shape index (κ3) is 7.52. The van der Waals surface area contributed by atoms with Gasteiger partial charge in [-0.3, -0.25) is 29.1 Å². The number of H-pyrrole nitrogens is 1. The fourth-order valence-electron chi connectivity index (χ4n) is 5.97. The molecule has 4 bridgehead atoms. The van der Waals surface area contributed by atoms with Crippen LogP contribution in [-0.2, 0) is 16.0 Å². The highest BCUT2D eigenvalue weighted by Gasteiger charge is 2.42. The molecule has 0 saturated carbocycles. The second-order valence-electron chi connectivity index (χ2n) is 12.6. The quantitative estimate of drug-likeness (QED) is 0.200. The summed E-state index contributed by atoms with van der Waals surface area (Å²) in [5.41, 5.74) is 0.987. The highest BCUT2D eigenvalue weighted by molar-refractivity contribution is 5.98. The minimum Gasteiger partial charge on any atom is -0.446 e. The maximum Gasteiger partial charge on any atom is 0.276 e. The Kier molecular flexibility index (Phi) is 9.55. The monoisotopic (exact) mass is 671 g/mol. The Labute approximate surface area is 280 Å². The molecular weight excluding hydrogens is 634 g/mol. The number of hydrogen-bond acceptors (Lipinski definition) is 10. The second kappa shape index (κ2) is 14.1. The molecule has 0 radical (unpaired) electrons. The first-order valence-corrected chi connectivity index (χ1v) is 16.0. The Balaban J connectivity index is 1.36. The minimum atomic E-state index is -1.04. The van der Waals surface area contributed by atoms with Crippen LogP contribution >= 0.6 is 0 Å². The maximum absolute atomic E-state index is 14.1. The molecule has 3 aromatic heterocycles. The van der Waals surface area contributed by atoms with E-state index in [1.165, 1.54) is 29.8 Å². The predicted molar refractivity (Wildman–Crippen MR) is 171 cm³/mol. The van der Waals surface area contributed by atoms with Crippen LogP contribution < -0.4 is 21.3 Å². The van der Waals surface area contributed by atoms with Crippen LogP contribution in [0.1, 0.15) is 94.4 Å². The zero-order valence-corrected chi connectivity index (χ0v) is 27.1. The standard InChI is InChI=1S/C33H37N9O7/c1-17(2)9-22-28(44)36-18(3)31-41-25(16-48-31)33(47)42-14-21(37-27(43)20-12-34-35-13-20)11-26(42)30(46)39-23(10-19-7-5-4-6-8-19)32-40-24(15-49-32)29(45)38-22/h4-8,12-13,15-18,21-23,26H,9-11,14H2,1-3H3,(H,34,35)(H,36,44)(H,37,43)(H,38,45)(H,39,46)/t18-,21+,22-,23+,26+/m1/s1. The molecule has 256 valence electrons. The van der Waals surface area contributed by atoms with Crippen molar-refractivity contribution in [1.29, 1.82) is 0 Å². The molecule has 5 amide bonds. The number of benzene rings is 1. The molecule has 2 aliphatic rings. The van der Waals surface area contributed by atoms with Crippen molar-refractivity contribution in [1.82, 2.24) is 46.3 Å². The Morgan fingerprint density at radius 2 is 1.69 bits per heavy atom. The van der Waals surface area contributed by atoms with Crippen molar-refractivity contribution in [2.24, 2.45) is 5.92 Å². The average Bonchev–Trinajstić information content (AvgIpc) is 3.90. The van der Waals surface area contributed by atoms with Crippen LogP contribution in [0, 0.1) is 5.92 Å². The van der Waals surface area contributed by atoms with Gasteiger partial charge in [0.2, 0.25) is 23.6 Å². The van der Waals surface area contributed by atoms with Crippen molar-refractivity contribution in [3.8, 4) is 0 Å². The van der Waals surface area contributed by atoms with Gasteiger partial charge in [-0.1, -0.05) is 44.2 Å². The van der Waals surface area contributed by atoms with E-state index in [-0.39, 0.29) is 48.5 Å². The molecule has 0 aliphatic carbocycles. The number of hydrogen-bond donors (Lipinski definition) is 5. The average molecular weight is 672 g/mol. The molecule has 6 rings (SSSR count). The van der Waals surface area contributed by atoms with E-state index in [1.807, 2.05) is 44.2 Å². The number of nitrogens with one attached hydrogen (secondary N) is 5. The highest BCUT2D eigenvalue weighted by atomic mass is 16.3. The van der Waals surface area contributed by atoms with Gasteiger partial charge in [-0.15, -0.1) is 0 Å². The number of carbonyl (C=O) groups is 5. The molecule has 16 heteroatoms. The summed E-state index contributed by atoms with van der Waals surface area (Å²) < 4.78 is 11.4. The van der Waals surface area contributed by atoms with Crippen molar-refractivity contribution in [2.75, 3.05) is 6.54 Å². The van der Waals surface area contributed by atoms with Crippen LogP contribution in [0.5, 0.6) is 0 Å². The Morgan fingerprint density at radius 1 is 0.959 bits per heavy atom. The largest absolute Gasteiger partial charge is 0.446 e. The van der Waals surface area contributed by atoms with Crippen LogP contribution in [0.2, 0.25) is 0 Å². The summed E-state index contributed by atoms with van der Waals surface area (Å²) in [6.07, 6.45) is 5.82. The minimum absolute atomic E-state index is 0.00144. The number of carbonyl (C=O) groups excluding carboxylic acids is 5. The number of aromatic nitrogens is 4. The fourth-order valence-corrected chi connectivity index (χ4v) is 5.97. The topological polar surface area (TPSA) is 217 Å². The lowest BCUT2D eigenvalue weighted by molar-refractivity contribution is -0.126. The third-order valence-corrected chi connectivity index (χ3v) is 8.41. The number of rotatable bonds is 6. The Bertz CT molecular complexity index is 1820. The molecule has 5 atom stereocenters. The number of aromatic amines is 1. The molecule has 4 aromatic rings. The van der Waals surface area contributed by atoms with Crippen molar-refractivity contribution in [2.45, 2.75) is 70.2 Å². The summed E-state index contributed by atoms with van der Waals surface area (Å²) in [4.78, 5) is 77.8. The van der Waals surface area contributed by atoms with Gasteiger partial charge in [0.05, 0.1) is 11.8 Å². The van der Waals surface area contributed by atoms with E-state index in [9.17, 15) is 24.0 Å². The van der Waals surface area contributed by atoms with Crippen LogP contribution in [-0.4, -0.2) is 79.3 Å². The number of nitrogens with zero attached hydrogens (tertiary/aromatic N) is 4. The fraction of sp³-hybridized carbons (Fsp3) is 0.394. The lowest BCUT2D eigenvalue weighted by Gasteiger charge is -2.25. The summed E-state index contributed by atoms with van der Waals surface area (Å²) in [5.74, 6) is -2.49. The Morgan fingerprint density at radius 3 is 2.43 bits per heavy atom. The van der Waals surface area contributed by atoms with E-state index < -0.39 is 59.7 Å². The number of oxazole rings is 2. The van der Waals surface area contributed by atoms with Gasteiger partial charge in [-0.2, -0.15) is 5.10 Å². The molecule has 5 heterocycles. The normalized spacial score (nSPS) is 23.3. The van der Waals surface area contributed by atoms with Crippen molar-refractivity contribution in [3.05, 3.63) is 89.5 Å². The molecule has 49 heavy (non-hydrogen) atoms. The zero-order valence-electron chi connectivity index (χ0n) is 27.1. The van der Waals surface area contributed by atoms with Crippen molar-refractivity contribution >= 4 is 29.5 Å². The second-order valence-corrected chi connectivity index (χ2v) is 12.6. The van der Waals surface area contributed by atoms with E-state index in [0.717, 1.165) is 5.56 Å². The first-order valence-electron chi connectivity index (χ1n) is 16.0. The van der Waals surface area contributed by atoms with E-state index in [2.05, 4.69) is 41.4 Å². The molecule has 16 nitrogen and oxygen atoms in total. The highest BCUT2D eigenvalue weighted by Crippen LogP contribution is 2.25. The smallest absolute Gasteiger partial charge is 0.276 e. The Hall–Kier alpha value is -5.80. The summed E-state index contributed by atoms with van der Waals surface area (Å²) in [6, 6.07) is 5.14. The molecule has 1 aromatic carbocycles. The van der Waals surface area contributed by atoms with Crippen LogP contribution in [0.4, 0.5) is 0 Å². The summed E-state index contributed by atoms with van der Waals surface area (Å²) in [6.45, 7) is 5.47. The SMILES string of the molecule is CC(C)C[C@H]1NC(=O)c2coc(n2)[C@H](Cc2ccccc2)NC(=O)[C@@H]2C[C@H](NC(=O)c3cn[nH]c3)CN2C(=O)c2coc(n2)[C@@H](C)NC1=O. The van der Waals surface area contributed by atoms with Gasteiger partial charge in [-0.25, -0.2) is 9.97 Å². The first kappa shape index (κ1) is 33.1.